The molecule has 0 aromatic heterocycles. The molecule has 0 aliphatic rings. The minimum atomic E-state index is -0.906. The largest absolute Gasteiger partial charge is 0.493 e. The van der Waals surface area contributed by atoms with Crippen LogP contribution >= 0.6 is 0 Å². The van der Waals surface area contributed by atoms with E-state index in [1.54, 1.807) is 30.3 Å². The van der Waals surface area contributed by atoms with Gasteiger partial charge in [-0.05, 0) is 85.0 Å². The predicted molar refractivity (Wildman–Crippen MR) is 143 cm³/mol. The fraction of sp³-hybridized carbons (Fsp3) is 0.214. The summed E-state index contributed by atoms with van der Waals surface area (Å²) in [5.74, 6) is -1.30. The summed E-state index contributed by atoms with van der Waals surface area (Å²) in [5.41, 5.74) is 7.25. The average molecular weight is 503 g/mol. The first-order chi connectivity index (χ1) is 17.8. The van der Waals surface area contributed by atoms with E-state index in [9.17, 15) is 14.4 Å². The molecule has 0 fully saturated rings. The Balaban J connectivity index is 1.51. The Kier molecular flexibility index (Phi) is 9.37. The number of benzene rings is 3. The number of ether oxygens (including phenoxy) is 2. The van der Waals surface area contributed by atoms with E-state index >= 15 is 0 Å². The van der Waals surface area contributed by atoms with Gasteiger partial charge in [-0.1, -0.05) is 25.1 Å². The second-order valence-electron chi connectivity index (χ2n) is 8.25. The maximum absolute atomic E-state index is 12.2. The molecule has 0 heterocycles. The summed E-state index contributed by atoms with van der Waals surface area (Å²) in [6, 6.07) is 17.9. The van der Waals surface area contributed by atoms with Gasteiger partial charge in [0.05, 0.1) is 13.3 Å². The number of aryl methyl sites for hydroxylation is 3. The third-order valence-electron chi connectivity index (χ3n) is 5.54. The van der Waals surface area contributed by atoms with Crippen LogP contribution in [0.1, 0.15) is 29.2 Å². The van der Waals surface area contributed by atoms with Crippen molar-refractivity contribution in [3.05, 3.63) is 82.9 Å². The normalized spacial score (nSPS) is 10.6. The van der Waals surface area contributed by atoms with E-state index in [2.05, 4.69) is 28.1 Å². The van der Waals surface area contributed by atoms with Gasteiger partial charge in [0.15, 0.2) is 18.1 Å². The number of hydrogen-bond donors (Lipinski definition) is 3. The molecule has 0 bridgehead atoms. The molecule has 0 aliphatic carbocycles. The number of hydrogen-bond acceptors (Lipinski definition) is 6. The highest BCUT2D eigenvalue weighted by Gasteiger charge is 2.13. The van der Waals surface area contributed by atoms with Crippen LogP contribution < -0.4 is 25.5 Å². The maximum atomic E-state index is 12.2. The molecule has 9 heteroatoms. The molecule has 0 unspecified atom stereocenters. The number of hydrazone groups is 1. The van der Waals surface area contributed by atoms with Gasteiger partial charge >= 0.3 is 11.8 Å². The quantitative estimate of drug-likeness (QED) is 0.232. The molecular formula is C28H30N4O5. The Morgan fingerprint density at radius 3 is 2.24 bits per heavy atom. The van der Waals surface area contributed by atoms with Crippen molar-refractivity contribution in [2.45, 2.75) is 27.2 Å². The molecule has 0 saturated heterocycles. The SMILES string of the molecule is CCc1ccc(NC(=O)COc2ccc(/C=N\NC(=O)C(=O)Nc3ccc(C)c(C)c3)cc2OC)cc1. The van der Waals surface area contributed by atoms with Crippen molar-refractivity contribution in [1.29, 1.82) is 0 Å². The van der Waals surface area contributed by atoms with E-state index in [1.807, 2.05) is 44.2 Å². The Morgan fingerprint density at radius 2 is 1.57 bits per heavy atom. The lowest BCUT2D eigenvalue weighted by Gasteiger charge is -2.11. The molecule has 3 aromatic carbocycles. The molecule has 0 saturated carbocycles. The molecule has 3 rings (SSSR count). The molecule has 0 atom stereocenters. The van der Waals surface area contributed by atoms with Crippen molar-refractivity contribution >= 4 is 35.3 Å². The number of anilines is 2. The van der Waals surface area contributed by atoms with Gasteiger partial charge < -0.3 is 20.1 Å². The third-order valence-corrected chi connectivity index (χ3v) is 5.54. The van der Waals surface area contributed by atoms with Gasteiger partial charge in [0.1, 0.15) is 0 Å². The molecule has 0 aliphatic heterocycles. The van der Waals surface area contributed by atoms with Gasteiger partial charge in [0, 0.05) is 11.4 Å². The zero-order valence-corrected chi connectivity index (χ0v) is 21.3. The molecule has 9 nitrogen and oxygen atoms in total. The lowest BCUT2D eigenvalue weighted by atomic mass is 10.1. The van der Waals surface area contributed by atoms with E-state index in [0.29, 0.717) is 28.4 Å². The Hall–Kier alpha value is -4.66. The zero-order valence-electron chi connectivity index (χ0n) is 21.3. The number of rotatable bonds is 9. The van der Waals surface area contributed by atoms with E-state index in [1.165, 1.54) is 18.9 Å². The van der Waals surface area contributed by atoms with Crippen LogP contribution in [0.5, 0.6) is 11.5 Å². The molecule has 37 heavy (non-hydrogen) atoms. The number of nitrogens with one attached hydrogen (secondary N) is 3. The highest BCUT2D eigenvalue weighted by Crippen LogP contribution is 2.27. The molecule has 0 spiro atoms. The highest BCUT2D eigenvalue weighted by molar-refractivity contribution is 6.39. The summed E-state index contributed by atoms with van der Waals surface area (Å²) < 4.78 is 10.9. The van der Waals surface area contributed by atoms with Crippen LogP contribution in [0.4, 0.5) is 11.4 Å². The van der Waals surface area contributed by atoms with Crippen molar-refractivity contribution in [1.82, 2.24) is 5.43 Å². The second kappa shape index (κ2) is 12.9. The maximum Gasteiger partial charge on any atom is 0.329 e. The lowest BCUT2D eigenvalue weighted by molar-refractivity contribution is -0.136. The molecule has 0 radical (unpaired) electrons. The summed E-state index contributed by atoms with van der Waals surface area (Å²) in [5, 5.41) is 9.14. The number of carbonyl (C=O) groups is 3. The summed E-state index contributed by atoms with van der Waals surface area (Å²) >= 11 is 0. The second-order valence-corrected chi connectivity index (χ2v) is 8.25. The van der Waals surface area contributed by atoms with Crippen LogP contribution in [0.2, 0.25) is 0 Å². The van der Waals surface area contributed by atoms with Crippen LogP contribution in [0, 0.1) is 13.8 Å². The van der Waals surface area contributed by atoms with Crippen LogP contribution in [-0.2, 0) is 20.8 Å². The van der Waals surface area contributed by atoms with Crippen molar-refractivity contribution < 1.29 is 23.9 Å². The summed E-state index contributed by atoms with van der Waals surface area (Å²) in [6.07, 6.45) is 2.29. The van der Waals surface area contributed by atoms with Gasteiger partial charge in [-0.2, -0.15) is 5.10 Å². The standard InChI is InChI=1S/C28H30N4O5/c1-5-20-7-11-22(12-8-20)30-26(33)17-37-24-13-9-21(15-25(24)36-4)16-29-32-28(35)27(34)31-23-10-6-18(2)19(3)14-23/h6-16H,5,17H2,1-4H3,(H,30,33)(H,31,34)(H,32,35)/b29-16-. The first-order valence-electron chi connectivity index (χ1n) is 11.7. The molecule has 192 valence electrons. The summed E-state index contributed by atoms with van der Waals surface area (Å²) in [4.78, 5) is 36.4. The first-order valence-corrected chi connectivity index (χ1v) is 11.7. The van der Waals surface area contributed by atoms with Crippen molar-refractivity contribution in [2.75, 3.05) is 24.4 Å². The minimum Gasteiger partial charge on any atom is -0.493 e. The Morgan fingerprint density at radius 1 is 0.838 bits per heavy atom. The minimum absolute atomic E-state index is 0.203. The van der Waals surface area contributed by atoms with Crippen LogP contribution in [0.3, 0.4) is 0 Å². The van der Waals surface area contributed by atoms with Gasteiger partial charge in [0.25, 0.3) is 5.91 Å². The van der Waals surface area contributed by atoms with Gasteiger partial charge in [-0.25, -0.2) is 5.43 Å². The topological polar surface area (TPSA) is 118 Å². The number of amides is 3. The average Bonchev–Trinajstić information content (AvgIpc) is 2.90. The molecular weight excluding hydrogens is 472 g/mol. The van der Waals surface area contributed by atoms with Crippen LogP contribution in [0.25, 0.3) is 0 Å². The number of carbonyl (C=O) groups excluding carboxylic acids is 3. The number of methoxy groups -OCH3 is 1. The van der Waals surface area contributed by atoms with Crippen molar-refractivity contribution in [3.63, 3.8) is 0 Å². The molecule has 3 amide bonds. The Bertz CT molecular complexity index is 1300. The monoisotopic (exact) mass is 502 g/mol. The van der Waals surface area contributed by atoms with Gasteiger partial charge in [-0.3, -0.25) is 14.4 Å². The van der Waals surface area contributed by atoms with Crippen LogP contribution in [0.15, 0.2) is 65.8 Å². The molecule has 3 aromatic rings. The summed E-state index contributed by atoms with van der Waals surface area (Å²) in [7, 11) is 1.47. The van der Waals surface area contributed by atoms with Crippen LogP contribution in [-0.4, -0.2) is 37.7 Å². The fourth-order valence-electron chi connectivity index (χ4n) is 3.27. The van der Waals surface area contributed by atoms with E-state index in [0.717, 1.165) is 17.5 Å². The van der Waals surface area contributed by atoms with E-state index < -0.39 is 11.8 Å². The van der Waals surface area contributed by atoms with E-state index in [-0.39, 0.29) is 12.5 Å². The number of nitrogens with zero attached hydrogens (tertiary/aromatic N) is 1. The Labute approximate surface area is 215 Å². The predicted octanol–water partition coefficient (Wildman–Crippen LogP) is 3.98. The summed E-state index contributed by atoms with van der Waals surface area (Å²) in [6.45, 7) is 5.74. The highest BCUT2D eigenvalue weighted by atomic mass is 16.5. The van der Waals surface area contributed by atoms with E-state index in [4.69, 9.17) is 9.47 Å². The lowest BCUT2D eigenvalue weighted by Crippen LogP contribution is -2.32. The fourth-order valence-corrected chi connectivity index (χ4v) is 3.27. The van der Waals surface area contributed by atoms with Crippen molar-refractivity contribution in [2.24, 2.45) is 5.10 Å². The smallest absolute Gasteiger partial charge is 0.329 e. The first kappa shape index (κ1) is 26.9. The molecule has 3 N–H and O–H groups in total. The van der Waals surface area contributed by atoms with Gasteiger partial charge in [0.2, 0.25) is 0 Å². The third kappa shape index (κ3) is 7.93. The van der Waals surface area contributed by atoms with Gasteiger partial charge in [-0.15, -0.1) is 0 Å². The van der Waals surface area contributed by atoms with Crippen molar-refractivity contribution in [3.8, 4) is 11.5 Å². The zero-order chi connectivity index (χ0) is 26.8.